The highest BCUT2D eigenvalue weighted by Gasteiger charge is 2.01. The predicted octanol–water partition coefficient (Wildman–Crippen LogP) is 1.67. The van der Waals surface area contributed by atoms with E-state index in [2.05, 4.69) is 21.2 Å². The third kappa shape index (κ3) is 3.42. The molecule has 0 aliphatic rings. The van der Waals surface area contributed by atoms with Crippen molar-refractivity contribution in [3.8, 4) is 0 Å². The summed E-state index contributed by atoms with van der Waals surface area (Å²) in [4.78, 5) is 0. The zero-order valence-corrected chi connectivity index (χ0v) is 8.64. The van der Waals surface area contributed by atoms with Gasteiger partial charge in [0.05, 0.1) is 6.61 Å². The molecule has 4 heteroatoms. The van der Waals surface area contributed by atoms with Crippen LogP contribution in [-0.2, 0) is 6.54 Å². The summed E-state index contributed by atoms with van der Waals surface area (Å²) in [5.74, 6) is -0.228. The molecule has 13 heavy (non-hydrogen) atoms. The van der Waals surface area contributed by atoms with E-state index < -0.39 is 0 Å². The van der Waals surface area contributed by atoms with Crippen molar-refractivity contribution < 1.29 is 9.50 Å². The fourth-order valence-corrected chi connectivity index (χ4v) is 1.39. The second-order valence-corrected chi connectivity index (χ2v) is 3.55. The monoisotopic (exact) mass is 247 g/mol. The van der Waals surface area contributed by atoms with Gasteiger partial charge < -0.3 is 10.4 Å². The quantitative estimate of drug-likeness (QED) is 0.794. The van der Waals surface area contributed by atoms with E-state index in [-0.39, 0.29) is 12.4 Å². The lowest BCUT2D eigenvalue weighted by molar-refractivity contribution is 0.291. The molecule has 0 saturated carbocycles. The number of nitrogens with one attached hydrogen (secondary N) is 1. The molecule has 2 N–H and O–H groups in total. The Morgan fingerprint density at radius 2 is 2.23 bits per heavy atom. The van der Waals surface area contributed by atoms with Gasteiger partial charge in [-0.15, -0.1) is 0 Å². The largest absolute Gasteiger partial charge is 0.395 e. The minimum absolute atomic E-state index is 0.0651. The molecule has 1 aromatic carbocycles. The summed E-state index contributed by atoms with van der Waals surface area (Å²) in [6, 6.07) is 4.80. The summed E-state index contributed by atoms with van der Waals surface area (Å²) >= 11 is 3.26. The Kier molecular flexibility index (Phi) is 4.35. The van der Waals surface area contributed by atoms with Crippen LogP contribution in [0.15, 0.2) is 22.7 Å². The predicted molar refractivity (Wildman–Crippen MR) is 52.9 cm³/mol. The second-order valence-electron chi connectivity index (χ2n) is 2.64. The van der Waals surface area contributed by atoms with Crippen LogP contribution in [0, 0.1) is 5.82 Å². The smallest absolute Gasteiger partial charge is 0.127 e. The summed E-state index contributed by atoms with van der Waals surface area (Å²) < 4.78 is 13.9. The normalized spacial score (nSPS) is 10.4. The van der Waals surface area contributed by atoms with E-state index in [0.29, 0.717) is 18.7 Å². The van der Waals surface area contributed by atoms with Crippen molar-refractivity contribution in [2.24, 2.45) is 0 Å². The van der Waals surface area contributed by atoms with E-state index in [0.717, 1.165) is 4.47 Å². The summed E-state index contributed by atoms with van der Waals surface area (Å²) in [5, 5.41) is 11.4. The van der Waals surface area contributed by atoms with Crippen LogP contribution in [0.25, 0.3) is 0 Å². The number of benzene rings is 1. The van der Waals surface area contributed by atoms with Gasteiger partial charge in [-0.3, -0.25) is 0 Å². The maximum Gasteiger partial charge on any atom is 0.127 e. The Labute approximate surface area is 84.9 Å². The van der Waals surface area contributed by atoms with Crippen LogP contribution >= 0.6 is 15.9 Å². The first kappa shape index (κ1) is 10.6. The highest BCUT2D eigenvalue weighted by molar-refractivity contribution is 9.10. The van der Waals surface area contributed by atoms with Crippen LogP contribution in [0.1, 0.15) is 5.56 Å². The molecule has 0 fully saturated rings. The number of aliphatic hydroxyl groups is 1. The minimum atomic E-state index is -0.228. The first-order valence-electron chi connectivity index (χ1n) is 3.99. The van der Waals surface area contributed by atoms with Gasteiger partial charge in [-0.25, -0.2) is 4.39 Å². The molecule has 0 amide bonds. The first-order valence-corrected chi connectivity index (χ1v) is 4.79. The zero-order valence-electron chi connectivity index (χ0n) is 7.06. The second kappa shape index (κ2) is 5.32. The van der Waals surface area contributed by atoms with Gasteiger partial charge in [-0.1, -0.05) is 15.9 Å². The first-order chi connectivity index (χ1) is 6.24. The standard InChI is InChI=1S/C9H11BrFNO/c10-8-1-2-9(11)7(5-8)6-12-3-4-13/h1-2,5,12-13H,3-4,6H2. The number of hydrogen-bond acceptors (Lipinski definition) is 2. The van der Waals surface area contributed by atoms with Crippen molar-refractivity contribution in [1.82, 2.24) is 5.32 Å². The van der Waals surface area contributed by atoms with Crippen molar-refractivity contribution in [3.63, 3.8) is 0 Å². The van der Waals surface area contributed by atoms with Crippen LogP contribution in [0.2, 0.25) is 0 Å². The Balaban J connectivity index is 2.59. The van der Waals surface area contributed by atoms with Crippen LogP contribution in [0.3, 0.4) is 0 Å². The van der Waals surface area contributed by atoms with Gasteiger partial charge in [0.1, 0.15) is 5.82 Å². The molecule has 0 aliphatic carbocycles. The number of halogens is 2. The highest BCUT2D eigenvalue weighted by atomic mass is 79.9. The van der Waals surface area contributed by atoms with Crippen molar-refractivity contribution in [1.29, 1.82) is 0 Å². The molecular formula is C9H11BrFNO. The van der Waals surface area contributed by atoms with Gasteiger partial charge in [-0.2, -0.15) is 0 Å². The highest BCUT2D eigenvalue weighted by Crippen LogP contribution is 2.14. The van der Waals surface area contributed by atoms with E-state index in [4.69, 9.17) is 5.11 Å². The van der Waals surface area contributed by atoms with Gasteiger partial charge in [-0.05, 0) is 18.2 Å². The molecule has 72 valence electrons. The molecule has 0 saturated heterocycles. The number of aliphatic hydroxyl groups excluding tert-OH is 1. The SMILES string of the molecule is OCCNCc1cc(Br)ccc1F. The van der Waals surface area contributed by atoms with Crippen LogP contribution in [0.4, 0.5) is 4.39 Å². The van der Waals surface area contributed by atoms with Crippen LogP contribution in [0.5, 0.6) is 0 Å². The van der Waals surface area contributed by atoms with Gasteiger partial charge in [0.25, 0.3) is 0 Å². The van der Waals surface area contributed by atoms with Gasteiger partial charge in [0, 0.05) is 23.1 Å². The Bertz CT molecular complexity index is 280. The Hall–Kier alpha value is -0.450. The van der Waals surface area contributed by atoms with Crippen molar-refractivity contribution in [3.05, 3.63) is 34.1 Å². The summed E-state index contributed by atoms with van der Waals surface area (Å²) in [5.41, 5.74) is 0.600. The summed E-state index contributed by atoms with van der Waals surface area (Å²) in [7, 11) is 0. The summed E-state index contributed by atoms with van der Waals surface area (Å²) in [6.45, 7) is 0.980. The van der Waals surface area contributed by atoms with Crippen LogP contribution in [-0.4, -0.2) is 18.3 Å². The van der Waals surface area contributed by atoms with Crippen LogP contribution < -0.4 is 5.32 Å². The van der Waals surface area contributed by atoms with Gasteiger partial charge in [0.15, 0.2) is 0 Å². The maximum atomic E-state index is 13.1. The van der Waals surface area contributed by atoms with Gasteiger partial charge in [0.2, 0.25) is 0 Å². The molecule has 0 spiro atoms. The topological polar surface area (TPSA) is 32.3 Å². The lowest BCUT2D eigenvalue weighted by Gasteiger charge is -2.04. The van der Waals surface area contributed by atoms with Gasteiger partial charge >= 0.3 is 0 Å². The lowest BCUT2D eigenvalue weighted by Crippen LogP contribution is -2.18. The molecule has 0 radical (unpaired) electrons. The third-order valence-corrected chi connectivity index (χ3v) is 2.11. The molecule has 0 aromatic heterocycles. The molecule has 0 heterocycles. The molecule has 0 unspecified atom stereocenters. The molecule has 0 aliphatic heterocycles. The van der Waals surface area contributed by atoms with Crippen molar-refractivity contribution in [2.45, 2.75) is 6.54 Å². The van der Waals surface area contributed by atoms with E-state index in [1.165, 1.54) is 6.07 Å². The zero-order chi connectivity index (χ0) is 9.68. The van der Waals surface area contributed by atoms with E-state index in [1.54, 1.807) is 12.1 Å². The maximum absolute atomic E-state index is 13.1. The summed E-state index contributed by atoms with van der Waals surface area (Å²) in [6.07, 6.45) is 0. The Morgan fingerprint density at radius 1 is 1.46 bits per heavy atom. The average Bonchev–Trinajstić information content (AvgIpc) is 2.11. The number of rotatable bonds is 4. The molecule has 2 nitrogen and oxygen atoms in total. The Morgan fingerprint density at radius 3 is 2.92 bits per heavy atom. The third-order valence-electron chi connectivity index (χ3n) is 1.61. The average molecular weight is 248 g/mol. The number of hydrogen-bond donors (Lipinski definition) is 2. The van der Waals surface area contributed by atoms with Crippen molar-refractivity contribution >= 4 is 15.9 Å². The fraction of sp³-hybridized carbons (Fsp3) is 0.333. The van der Waals surface area contributed by atoms with E-state index >= 15 is 0 Å². The molecule has 1 aromatic rings. The lowest BCUT2D eigenvalue weighted by atomic mass is 10.2. The molecular weight excluding hydrogens is 237 g/mol. The van der Waals surface area contributed by atoms with Crippen molar-refractivity contribution in [2.75, 3.05) is 13.2 Å². The van der Waals surface area contributed by atoms with E-state index in [1.807, 2.05) is 0 Å². The molecule has 0 atom stereocenters. The molecule has 0 bridgehead atoms. The van der Waals surface area contributed by atoms with E-state index in [9.17, 15) is 4.39 Å². The minimum Gasteiger partial charge on any atom is -0.395 e. The fourth-order valence-electron chi connectivity index (χ4n) is 0.981. The molecule has 1 rings (SSSR count).